The first-order valence-electron chi connectivity index (χ1n) is 7.42. The van der Waals surface area contributed by atoms with E-state index in [0.29, 0.717) is 17.9 Å². The van der Waals surface area contributed by atoms with Crippen molar-refractivity contribution in [3.63, 3.8) is 0 Å². The summed E-state index contributed by atoms with van der Waals surface area (Å²) < 4.78 is 38.6. The van der Waals surface area contributed by atoms with Gasteiger partial charge in [-0.2, -0.15) is 13.2 Å². The first-order valence-corrected chi connectivity index (χ1v) is 8.58. The SMILES string of the molecule is Cn1cc(CSCC(=O)NCc2ccccc2)cc1C(=O)C(F)(F)F. The minimum absolute atomic E-state index is 0.156. The van der Waals surface area contributed by atoms with Gasteiger partial charge in [0.15, 0.2) is 0 Å². The van der Waals surface area contributed by atoms with Gasteiger partial charge in [0.1, 0.15) is 0 Å². The second kappa shape index (κ2) is 8.24. The molecule has 25 heavy (non-hydrogen) atoms. The highest BCUT2D eigenvalue weighted by molar-refractivity contribution is 7.99. The van der Waals surface area contributed by atoms with Crippen LogP contribution in [0.3, 0.4) is 0 Å². The van der Waals surface area contributed by atoms with E-state index in [1.54, 1.807) is 0 Å². The monoisotopic (exact) mass is 370 g/mol. The maximum absolute atomic E-state index is 12.5. The van der Waals surface area contributed by atoms with Crippen LogP contribution < -0.4 is 5.32 Å². The van der Waals surface area contributed by atoms with Crippen molar-refractivity contribution in [1.82, 2.24) is 9.88 Å². The third-order valence-corrected chi connectivity index (χ3v) is 4.39. The van der Waals surface area contributed by atoms with Gasteiger partial charge in [-0.3, -0.25) is 9.59 Å². The molecule has 1 aromatic heterocycles. The molecule has 1 heterocycles. The zero-order chi connectivity index (χ0) is 18.4. The van der Waals surface area contributed by atoms with Gasteiger partial charge in [-0.1, -0.05) is 30.3 Å². The van der Waals surface area contributed by atoms with E-state index in [-0.39, 0.29) is 11.7 Å². The molecule has 0 spiro atoms. The lowest BCUT2D eigenvalue weighted by Crippen LogP contribution is -2.24. The molecule has 1 aromatic carbocycles. The summed E-state index contributed by atoms with van der Waals surface area (Å²) >= 11 is 1.27. The summed E-state index contributed by atoms with van der Waals surface area (Å²) in [6.45, 7) is 0.426. The molecule has 0 unspecified atom stereocenters. The molecule has 134 valence electrons. The standard InChI is InChI=1S/C17H17F3N2O2S/c1-22-9-13(7-14(22)16(24)17(18,19)20)10-25-11-15(23)21-8-12-5-3-2-4-6-12/h2-7,9H,8,10-11H2,1H3,(H,21,23). The number of amides is 1. The minimum Gasteiger partial charge on any atom is -0.351 e. The fourth-order valence-electron chi connectivity index (χ4n) is 2.19. The Kier molecular flexibility index (Phi) is 6.30. The zero-order valence-corrected chi connectivity index (χ0v) is 14.3. The minimum atomic E-state index is -4.89. The van der Waals surface area contributed by atoms with Crippen molar-refractivity contribution in [1.29, 1.82) is 0 Å². The molecule has 0 saturated heterocycles. The maximum Gasteiger partial charge on any atom is 0.456 e. The van der Waals surface area contributed by atoms with Crippen LogP contribution in [0.25, 0.3) is 0 Å². The Morgan fingerprint density at radius 2 is 1.84 bits per heavy atom. The maximum atomic E-state index is 12.5. The number of nitrogens with zero attached hydrogens (tertiary/aromatic N) is 1. The van der Waals surface area contributed by atoms with Crippen LogP contribution >= 0.6 is 11.8 Å². The average Bonchev–Trinajstić information content (AvgIpc) is 2.93. The largest absolute Gasteiger partial charge is 0.456 e. The van der Waals surface area contributed by atoms with E-state index in [4.69, 9.17) is 0 Å². The molecule has 4 nitrogen and oxygen atoms in total. The molecule has 2 rings (SSSR count). The highest BCUT2D eigenvalue weighted by atomic mass is 32.2. The molecule has 1 amide bonds. The first-order chi connectivity index (χ1) is 11.8. The normalized spacial score (nSPS) is 11.4. The highest BCUT2D eigenvalue weighted by Gasteiger charge is 2.40. The second-order valence-corrected chi connectivity index (χ2v) is 6.41. The summed E-state index contributed by atoms with van der Waals surface area (Å²) in [5.74, 6) is -1.50. The highest BCUT2D eigenvalue weighted by Crippen LogP contribution is 2.23. The van der Waals surface area contributed by atoms with Gasteiger partial charge in [0.05, 0.1) is 11.4 Å². The molecule has 0 radical (unpaired) electrons. The van der Waals surface area contributed by atoms with Crippen molar-refractivity contribution >= 4 is 23.5 Å². The number of carbonyl (C=O) groups excluding carboxylic acids is 2. The van der Waals surface area contributed by atoms with E-state index < -0.39 is 17.7 Å². The van der Waals surface area contributed by atoms with Gasteiger partial charge in [0.25, 0.3) is 5.78 Å². The van der Waals surface area contributed by atoms with Gasteiger partial charge in [-0.05, 0) is 17.2 Å². The quantitative estimate of drug-likeness (QED) is 0.761. The number of rotatable bonds is 7. The molecule has 0 saturated carbocycles. The molecule has 1 N–H and O–H groups in total. The summed E-state index contributed by atoms with van der Waals surface area (Å²) in [6.07, 6.45) is -3.43. The molecular weight excluding hydrogens is 353 g/mol. The summed E-state index contributed by atoms with van der Waals surface area (Å²) in [5.41, 5.74) is 1.15. The number of aromatic nitrogens is 1. The van der Waals surface area contributed by atoms with Crippen LogP contribution in [0.1, 0.15) is 21.6 Å². The summed E-state index contributed by atoms with van der Waals surface area (Å²) in [7, 11) is 1.39. The number of ketones is 1. The number of hydrogen-bond donors (Lipinski definition) is 1. The van der Waals surface area contributed by atoms with Crippen molar-refractivity contribution in [2.75, 3.05) is 5.75 Å². The number of nitrogens with one attached hydrogen (secondary N) is 1. The number of halogens is 3. The zero-order valence-electron chi connectivity index (χ0n) is 13.5. The number of aryl methyl sites for hydroxylation is 1. The fraction of sp³-hybridized carbons (Fsp3) is 0.294. The molecule has 0 atom stereocenters. The Bertz CT molecular complexity index is 742. The van der Waals surface area contributed by atoms with Gasteiger partial charge in [-0.25, -0.2) is 0 Å². The van der Waals surface area contributed by atoms with E-state index in [9.17, 15) is 22.8 Å². The topological polar surface area (TPSA) is 51.1 Å². The van der Waals surface area contributed by atoms with E-state index >= 15 is 0 Å². The summed E-state index contributed by atoms with van der Waals surface area (Å²) in [5, 5.41) is 2.77. The third-order valence-electron chi connectivity index (χ3n) is 3.39. The van der Waals surface area contributed by atoms with Gasteiger partial charge in [0, 0.05) is 25.5 Å². The molecule has 0 fully saturated rings. The second-order valence-electron chi connectivity index (χ2n) is 5.43. The van der Waals surface area contributed by atoms with Crippen LogP contribution in [0.15, 0.2) is 42.6 Å². The molecular formula is C17H17F3N2O2S. The predicted molar refractivity (Wildman–Crippen MR) is 90.2 cm³/mol. The van der Waals surface area contributed by atoms with Crippen LogP contribution in [-0.2, 0) is 24.1 Å². The summed E-state index contributed by atoms with van der Waals surface area (Å²) in [4.78, 5) is 23.1. The molecule has 0 aliphatic heterocycles. The van der Waals surface area contributed by atoms with Crippen LogP contribution in [0.5, 0.6) is 0 Å². The van der Waals surface area contributed by atoms with Gasteiger partial charge in [0.2, 0.25) is 5.91 Å². The van der Waals surface area contributed by atoms with E-state index in [2.05, 4.69) is 5.32 Å². The van der Waals surface area contributed by atoms with Crippen LogP contribution in [0.4, 0.5) is 13.2 Å². The lowest BCUT2D eigenvalue weighted by molar-refractivity contribution is -0.118. The van der Waals surface area contributed by atoms with Crippen molar-refractivity contribution in [3.8, 4) is 0 Å². The number of carbonyl (C=O) groups is 2. The van der Waals surface area contributed by atoms with Crippen LogP contribution in [0, 0.1) is 0 Å². The first kappa shape index (κ1) is 19.1. The number of Topliss-reactive ketones (excluding diaryl/α,β-unsaturated/α-hetero) is 1. The molecule has 0 bridgehead atoms. The Balaban J connectivity index is 1.80. The molecule has 0 aliphatic carbocycles. The van der Waals surface area contributed by atoms with Crippen molar-refractivity contribution < 1.29 is 22.8 Å². The van der Waals surface area contributed by atoms with E-state index in [1.807, 2.05) is 30.3 Å². The Morgan fingerprint density at radius 3 is 2.48 bits per heavy atom. The van der Waals surface area contributed by atoms with Gasteiger partial charge >= 0.3 is 6.18 Å². The van der Waals surface area contributed by atoms with Crippen LogP contribution in [0.2, 0.25) is 0 Å². The van der Waals surface area contributed by atoms with E-state index in [1.165, 1.54) is 31.1 Å². The average molecular weight is 370 g/mol. The number of thioether (sulfide) groups is 1. The van der Waals surface area contributed by atoms with Crippen molar-refractivity contribution in [3.05, 3.63) is 59.4 Å². The summed E-state index contributed by atoms with van der Waals surface area (Å²) in [6, 6.07) is 10.7. The molecule has 2 aromatic rings. The van der Waals surface area contributed by atoms with Crippen LogP contribution in [-0.4, -0.2) is 28.2 Å². The van der Waals surface area contributed by atoms with Crippen molar-refractivity contribution in [2.45, 2.75) is 18.5 Å². The lowest BCUT2D eigenvalue weighted by Gasteiger charge is -2.05. The Morgan fingerprint density at radius 1 is 1.16 bits per heavy atom. The number of alkyl halides is 3. The smallest absolute Gasteiger partial charge is 0.351 e. The predicted octanol–water partition coefficient (Wildman–Crippen LogP) is 3.32. The lowest BCUT2D eigenvalue weighted by atomic mass is 10.2. The third kappa shape index (κ3) is 5.67. The fourth-order valence-corrected chi connectivity index (χ4v) is 2.98. The Labute approximate surface area is 147 Å². The number of hydrogen-bond acceptors (Lipinski definition) is 3. The molecule has 8 heteroatoms. The van der Waals surface area contributed by atoms with Gasteiger partial charge in [-0.15, -0.1) is 11.8 Å². The van der Waals surface area contributed by atoms with E-state index in [0.717, 1.165) is 10.1 Å². The Hall–Kier alpha value is -2.22. The molecule has 0 aliphatic rings. The van der Waals surface area contributed by atoms with Crippen molar-refractivity contribution in [2.24, 2.45) is 7.05 Å². The number of benzene rings is 1. The van der Waals surface area contributed by atoms with Gasteiger partial charge < -0.3 is 9.88 Å².